The molecule has 1 heterocycles. The number of amides is 1. The minimum atomic E-state index is -0.501. The molecule has 9 heteroatoms. The maximum absolute atomic E-state index is 11.8. The molecule has 0 saturated carbocycles. The molecule has 0 fully saturated rings. The normalized spacial score (nSPS) is 10.8. The van der Waals surface area contributed by atoms with Crippen molar-refractivity contribution in [2.75, 3.05) is 0 Å². The summed E-state index contributed by atoms with van der Waals surface area (Å²) in [7, 11) is 0. The molecule has 6 nitrogen and oxygen atoms in total. The van der Waals surface area contributed by atoms with Crippen LogP contribution in [-0.4, -0.2) is 17.0 Å². The monoisotopic (exact) mass is 343 g/mol. The van der Waals surface area contributed by atoms with Crippen molar-refractivity contribution in [1.29, 1.82) is 0 Å². The zero-order valence-corrected chi connectivity index (χ0v) is 12.6. The maximum atomic E-state index is 11.8. The van der Waals surface area contributed by atoms with Crippen LogP contribution in [0.15, 0.2) is 35.4 Å². The number of carbonyl (C=O) groups is 1. The molecule has 1 aromatic carbocycles. The van der Waals surface area contributed by atoms with Crippen LogP contribution >= 0.6 is 34.5 Å². The van der Waals surface area contributed by atoms with E-state index in [1.807, 2.05) is 0 Å². The topological polar surface area (TPSA) is 84.6 Å². The molecular weight excluding hydrogens is 337 g/mol. The van der Waals surface area contributed by atoms with Gasteiger partial charge in [-0.05, 0) is 24.3 Å². The Labute approximate surface area is 133 Å². The molecule has 108 valence electrons. The Balaban J connectivity index is 2.03. The van der Waals surface area contributed by atoms with E-state index in [-0.39, 0.29) is 15.6 Å². The van der Waals surface area contributed by atoms with E-state index in [2.05, 4.69) is 10.5 Å². The van der Waals surface area contributed by atoms with E-state index in [9.17, 15) is 14.9 Å². The van der Waals surface area contributed by atoms with Crippen LogP contribution in [0.25, 0.3) is 0 Å². The fraction of sp³-hybridized carbons (Fsp3) is 0. The van der Waals surface area contributed by atoms with Gasteiger partial charge in [-0.25, -0.2) is 5.43 Å². The van der Waals surface area contributed by atoms with E-state index in [1.165, 1.54) is 36.5 Å². The van der Waals surface area contributed by atoms with Crippen molar-refractivity contribution in [1.82, 2.24) is 5.43 Å². The fourth-order valence-electron chi connectivity index (χ4n) is 1.40. The second-order valence-electron chi connectivity index (χ2n) is 3.76. The van der Waals surface area contributed by atoms with Crippen LogP contribution in [0.1, 0.15) is 15.2 Å². The molecule has 2 aromatic rings. The predicted molar refractivity (Wildman–Crippen MR) is 82.5 cm³/mol. The smallest absolute Gasteiger partial charge is 0.267 e. The van der Waals surface area contributed by atoms with Crippen LogP contribution in [-0.2, 0) is 0 Å². The number of nitrogens with zero attached hydrogens (tertiary/aromatic N) is 2. The van der Waals surface area contributed by atoms with E-state index in [4.69, 9.17) is 23.2 Å². The molecule has 1 aromatic heterocycles. The average Bonchev–Trinajstić information content (AvgIpc) is 2.87. The number of rotatable bonds is 4. The summed E-state index contributed by atoms with van der Waals surface area (Å²) in [5.41, 5.74) is 2.52. The summed E-state index contributed by atoms with van der Waals surface area (Å²) in [6, 6.07) is 7.36. The van der Waals surface area contributed by atoms with Crippen LogP contribution in [0.5, 0.6) is 0 Å². The molecule has 0 radical (unpaired) electrons. The number of thiophene rings is 1. The zero-order chi connectivity index (χ0) is 15.4. The first-order valence-corrected chi connectivity index (χ1v) is 7.07. The molecule has 0 spiro atoms. The number of carbonyl (C=O) groups excluding carboxylic acids is 1. The Morgan fingerprint density at radius 2 is 2.10 bits per heavy atom. The first kappa shape index (κ1) is 15.4. The molecule has 0 saturated heterocycles. The molecule has 1 N–H and O–H groups in total. The van der Waals surface area contributed by atoms with Crippen LogP contribution in [0.3, 0.4) is 0 Å². The van der Waals surface area contributed by atoms with Gasteiger partial charge in [0.1, 0.15) is 0 Å². The lowest BCUT2D eigenvalue weighted by molar-refractivity contribution is -0.380. The minimum Gasteiger partial charge on any atom is -0.267 e. The van der Waals surface area contributed by atoms with Gasteiger partial charge in [0.2, 0.25) is 0 Å². The number of halogens is 2. The van der Waals surface area contributed by atoms with Gasteiger partial charge in [-0.3, -0.25) is 14.9 Å². The zero-order valence-electron chi connectivity index (χ0n) is 10.2. The highest BCUT2D eigenvalue weighted by Gasteiger charge is 2.10. The number of nitro groups is 1. The number of benzene rings is 1. The number of hydrazone groups is 1. The second-order valence-corrected chi connectivity index (χ2v) is 5.69. The molecule has 0 aliphatic heterocycles. The highest BCUT2D eigenvalue weighted by Crippen LogP contribution is 2.22. The quantitative estimate of drug-likeness (QED) is 0.521. The molecular formula is C12H7Cl2N3O3S. The lowest BCUT2D eigenvalue weighted by Gasteiger charge is -2.02. The van der Waals surface area contributed by atoms with Gasteiger partial charge < -0.3 is 0 Å². The van der Waals surface area contributed by atoms with Gasteiger partial charge in [-0.1, -0.05) is 34.5 Å². The van der Waals surface area contributed by atoms with Gasteiger partial charge in [0.25, 0.3) is 5.91 Å². The molecule has 1 amide bonds. The van der Waals surface area contributed by atoms with E-state index >= 15 is 0 Å². The summed E-state index contributed by atoms with van der Waals surface area (Å²) in [5.74, 6) is -0.501. The van der Waals surface area contributed by atoms with E-state index < -0.39 is 10.8 Å². The van der Waals surface area contributed by atoms with E-state index in [0.717, 1.165) is 11.3 Å². The van der Waals surface area contributed by atoms with Crippen LogP contribution in [0.2, 0.25) is 10.0 Å². The van der Waals surface area contributed by atoms with E-state index in [0.29, 0.717) is 9.90 Å². The summed E-state index contributed by atoms with van der Waals surface area (Å²) in [6.45, 7) is 0. The van der Waals surface area contributed by atoms with Crippen LogP contribution in [0, 0.1) is 10.1 Å². The third-order valence-corrected chi connectivity index (χ3v) is 3.85. The van der Waals surface area contributed by atoms with Crippen molar-refractivity contribution in [2.24, 2.45) is 5.10 Å². The lowest BCUT2D eigenvalue weighted by Crippen LogP contribution is -2.17. The Hall–Kier alpha value is -1.96. The molecule has 0 unspecified atom stereocenters. The van der Waals surface area contributed by atoms with Crippen molar-refractivity contribution < 1.29 is 9.72 Å². The fourth-order valence-corrected chi connectivity index (χ4v) is 2.59. The molecule has 2 rings (SSSR count). The Morgan fingerprint density at radius 3 is 2.71 bits per heavy atom. The number of hydrogen-bond donors (Lipinski definition) is 1. The van der Waals surface area contributed by atoms with Crippen molar-refractivity contribution in [2.45, 2.75) is 0 Å². The number of nitrogens with one attached hydrogen (secondary N) is 1. The van der Waals surface area contributed by atoms with Gasteiger partial charge in [-0.15, -0.1) is 0 Å². The molecule has 0 aliphatic carbocycles. The van der Waals surface area contributed by atoms with Gasteiger partial charge in [-0.2, -0.15) is 5.10 Å². The summed E-state index contributed by atoms with van der Waals surface area (Å²) in [4.78, 5) is 22.4. The lowest BCUT2D eigenvalue weighted by atomic mass is 10.2. The highest BCUT2D eigenvalue weighted by atomic mass is 35.5. The maximum Gasteiger partial charge on any atom is 0.324 e. The van der Waals surface area contributed by atoms with Crippen LogP contribution < -0.4 is 5.43 Å². The molecule has 0 aliphatic rings. The second kappa shape index (κ2) is 6.66. The Morgan fingerprint density at radius 1 is 1.33 bits per heavy atom. The third-order valence-electron chi connectivity index (χ3n) is 2.33. The van der Waals surface area contributed by atoms with Crippen molar-refractivity contribution in [3.05, 3.63) is 60.9 Å². The third kappa shape index (κ3) is 4.01. The minimum absolute atomic E-state index is 0.00326. The highest BCUT2D eigenvalue weighted by molar-refractivity contribution is 7.16. The Kier molecular flexibility index (Phi) is 4.89. The molecule has 0 atom stereocenters. The van der Waals surface area contributed by atoms with E-state index in [1.54, 1.807) is 0 Å². The summed E-state index contributed by atoms with van der Waals surface area (Å²) in [5, 5.41) is 14.9. The standard InChI is InChI=1S/C12H7Cl2N3O3S/c13-7-1-3-9(10(14)5-7)12(18)16-15-6-8-2-4-11(21-8)17(19)20/h1-6H,(H,16,18)/b15-6+. The van der Waals surface area contributed by atoms with Crippen molar-refractivity contribution in [3.63, 3.8) is 0 Å². The number of hydrogen-bond acceptors (Lipinski definition) is 5. The SMILES string of the molecule is O=C(N/N=C/c1ccc([N+](=O)[O-])s1)c1ccc(Cl)cc1Cl. The molecule has 21 heavy (non-hydrogen) atoms. The first-order valence-electron chi connectivity index (χ1n) is 5.50. The van der Waals surface area contributed by atoms with Gasteiger partial charge in [0.05, 0.1) is 26.6 Å². The largest absolute Gasteiger partial charge is 0.324 e. The Bertz CT molecular complexity index is 730. The van der Waals surface area contributed by atoms with Crippen molar-refractivity contribution >= 4 is 51.7 Å². The van der Waals surface area contributed by atoms with Crippen molar-refractivity contribution in [3.8, 4) is 0 Å². The van der Waals surface area contributed by atoms with Gasteiger partial charge in [0.15, 0.2) is 0 Å². The first-order chi connectivity index (χ1) is 9.97. The average molecular weight is 344 g/mol. The summed E-state index contributed by atoms with van der Waals surface area (Å²) >= 11 is 12.6. The predicted octanol–water partition coefficient (Wildman–Crippen LogP) is 3.73. The van der Waals surface area contributed by atoms with Gasteiger partial charge >= 0.3 is 5.00 Å². The van der Waals surface area contributed by atoms with Gasteiger partial charge in [0, 0.05) is 11.1 Å². The van der Waals surface area contributed by atoms with Crippen LogP contribution in [0.4, 0.5) is 5.00 Å². The molecule has 0 bridgehead atoms. The summed E-state index contributed by atoms with van der Waals surface area (Å²) < 4.78 is 0. The summed E-state index contributed by atoms with van der Waals surface area (Å²) in [6.07, 6.45) is 1.32.